The average molecular weight is 535 g/mol. The van der Waals surface area contributed by atoms with Gasteiger partial charge in [0.25, 0.3) is 5.91 Å². The molecule has 2 aliphatic rings. The molecule has 2 aliphatic heterocycles. The molecule has 2 aromatic carbocycles. The smallest absolute Gasteiger partial charge is 0.405 e. The number of hydrogen-bond donors (Lipinski definition) is 3. The van der Waals surface area contributed by atoms with Gasteiger partial charge in [-0.3, -0.25) is 9.59 Å². The van der Waals surface area contributed by atoms with Crippen molar-refractivity contribution in [3.8, 4) is 5.75 Å². The Morgan fingerprint density at radius 1 is 1.05 bits per heavy atom. The Kier molecular flexibility index (Phi) is 8.10. The van der Waals surface area contributed by atoms with Crippen LogP contribution in [0, 0.1) is 6.92 Å². The van der Waals surface area contributed by atoms with Crippen LogP contribution in [0.15, 0.2) is 42.5 Å². The minimum Gasteiger partial charge on any atom is -0.490 e. The Bertz CT molecular complexity index is 1190. The number of benzene rings is 2. The van der Waals surface area contributed by atoms with E-state index in [1.54, 1.807) is 42.3 Å². The normalized spacial score (nSPS) is 21.2. The molecule has 0 spiro atoms. The summed E-state index contributed by atoms with van der Waals surface area (Å²) in [5, 5.41) is 7.30. The molecule has 1 saturated heterocycles. The van der Waals surface area contributed by atoms with Crippen LogP contribution < -0.4 is 20.7 Å². The largest absolute Gasteiger partial charge is 0.490 e. The van der Waals surface area contributed by atoms with Crippen LogP contribution >= 0.6 is 0 Å². The number of nitrogens with one attached hydrogen (secondary N) is 3. The SMILES string of the molecule is Cc1ccc(NC(=O)Nc2ccc3c(c2)C(=O)N(C)[C@@H]2CC[C@@H](CC(=O)NCC(F)(F)F)O[C@H]2CO3)cc1. The van der Waals surface area contributed by atoms with Gasteiger partial charge in [-0.15, -0.1) is 0 Å². The van der Waals surface area contributed by atoms with Gasteiger partial charge in [-0.25, -0.2) is 4.79 Å². The lowest BCUT2D eigenvalue weighted by Gasteiger charge is -2.42. The number of alkyl halides is 3. The first-order valence-electron chi connectivity index (χ1n) is 12.2. The zero-order valence-electron chi connectivity index (χ0n) is 20.9. The van der Waals surface area contributed by atoms with Gasteiger partial charge in [-0.1, -0.05) is 17.7 Å². The summed E-state index contributed by atoms with van der Waals surface area (Å²) in [5.74, 6) is -0.778. The quantitative estimate of drug-likeness (QED) is 0.536. The first-order valence-corrected chi connectivity index (χ1v) is 12.2. The third kappa shape index (κ3) is 6.94. The second-order valence-corrected chi connectivity index (χ2v) is 9.42. The number of ether oxygens (including phenoxy) is 2. The molecular formula is C26H29F3N4O5. The zero-order chi connectivity index (χ0) is 27.4. The maximum Gasteiger partial charge on any atom is 0.405 e. The average Bonchev–Trinajstić information content (AvgIpc) is 2.86. The van der Waals surface area contributed by atoms with Gasteiger partial charge in [0.2, 0.25) is 5.91 Å². The van der Waals surface area contributed by atoms with Crippen LogP contribution in [0.1, 0.15) is 35.2 Å². The molecule has 0 unspecified atom stereocenters. The third-order valence-corrected chi connectivity index (χ3v) is 6.48. The lowest BCUT2D eigenvalue weighted by atomic mass is 9.94. The second-order valence-electron chi connectivity index (χ2n) is 9.42. The van der Waals surface area contributed by atoms with E-state index in [4.69, 9.17) is 9.47 Å². The van der Waals surface area contributed by atoms with Crippen LogP contribution in [0.25, 0.3) is 0 Å². The molecule has 1 fully saturated rings. The first-order chi connectivity index (χ1) is 18.0. The van der Waals surface area contributed by atoms with Crippen molar-refractivity contribution in [1.82, 2.24) is 10.2 Å². The summed E-state index contributed by atoms with van der Waals surface area (Å²) in [7, 11) is 1.64. The van der Waals surface area contributed by atoms with Gasteiger partial charge in [0, 0.05) is 18.4 Å². The van der Waals surface area contributed by atoms with Crippen molar-refractivity contribution < 1.29 is 37.0 Å². The highest BCUT2D eigenvalue weighted by molar-refractivity contribution is 6.02. The number of hydrogen-bond acceptors (Lipinski definition) is 5. The van der Waals surface area contributed by atoms with E-state index in [1.807, 2.05) is 24.4 Å². The Balaban J connectivity index is 1.40. The molecule has 38 heavy (non-hydrogen) atoms. The van der Waals surface area contributed by atoms with Crippen molar-refractivity contribution in [2.45, 2.75) is 50.6 Å². The lowest BCUT2D eigenvalue weighted by molar-refractivity contribution is -0.144. The molecule has 4 amide bonds. The van der Waals surface area contributed by atoms with Crippen LogP contribution in [-0.2, 0) is 9.53 Å². The minimum atomic E-state index is -4.49. The number of anilines is 2. The minimum absolute atomic E-state index is 0.0800. The van der Waals surface area contributed by atoms with Gasteiger partial charge in [0.05, 0.1) is 24.1 Å². The molecule has 0 bridgehead atoms. The summed E-state index contributed by atoms with van der Waals surface area (Å²) in [6.07, 6.45) is -4.98. The molecule has 9 nitrogen and oxygen atoms in total. The van der Waals surface area contributed by atoms with Gasteiger partial charge in [0.1, 0.15) is 25.0 Å². The Morgan fingerprint density at radius 2 is 1.74 bits per heavy atom. The number of aryl methyl sites for hydroxylation is 1. The number of nitrogens with zero attached hydrogens (tertiary/aromatic N) is 1. The molecule has 2 aromatic rings. The van der Waals surface area contributed by atoms with Gasteiger partial charge >= 0.3 is 12.2 Å². The highest BCUT2D eigenvalue weighted by Gasteiger charge is 2.39. The summed E-state index contributed by atoms with van der Waals surface area (Å²) >= 11 is 0. The van der Waals surface area contributed by atoms with E-state index in [0.29, 0.717) is 30.0 Å². The number of likely N-dealkylation sites (N-methyl/N-ethyl adjacent to an activating group) is 1. The lowest BCUT2D eigenvalue weighted by Crippen LogP contribution is -2.54. The van der Waals surface area contributed by atoms with Crippen molar-refractivity contribution in [2.24, 2.45) is 0 Å². The summed E-state index contributed by atoms with van der Waals surface area (Å²) in [4.78, 5) is 39.2. The maximum absolute atomic E-state index is 13.3. The van der Waals surface area contributed by atoms with Crippen molar-refractivity contribution in [2.75, 3.05) is 30.8 Å². The molecule has 0 saturated carbocycles. The molecular weight excluding hydrogens is 505 g/mol. The van der Waals surface area contributed by atoms with E-state index in [0.717, 1.165) is 5.56 Å². The third-order valence-electron chi connectivity index (χ3n) is 6.48. The van der Waals surface area contributed by atoms with Crippen LogP contribution in [0.4, 0.5) is 29.3 Å². The number of fused-ring (bicyclic) bond motifs is 2. The molecule has 3 atom stereocenters. The monoisotopic (exact) mass is 534 g/mol. The van der Waals surface area contributed by atoms with Gasteiger partial charge in [-0.05, 0) is 50.1 Å². The number of urea groups is 1. The predicted octanol–water partition coefficient (Wildman–Crippen LogP) is 4.09. The van der Waals surface area contributed by atoms with E-state index in [2.05, 4.69) is 10.6 Å². The van der Waals surface area contributed by atoms with Crippen LogP contribution in [0.3, 0.4) is 0 Å². The molecule has 4 rings (SSSR count). The van der Waals surface area contributed by atoms with E-state index < -0.39 is 36.9 Å². The van der Waals surface area contributed by atoms with Crippen molar-refractivity contribution in [3.63, 3.8) is 0 Å². The van der Waals surface area contributed by atoms with Gasteiger partial charge in [-0.2, -0.15) is 13.2 Å². The van der Waals surface area contributed by atoms with Gasteiger partial charge in [0.15, 0.2) is 0 Å². The van der Waals surface area contributed by atoms with Gasteiger partial charge < -0.3 is 30.3 Å². The Hall–Kier alpha value is -3.80. The van der Waals surface area contributed by atoms with Crippen molar-refractivity contribution in [3.05, 3.63) is 53.6 Å². The fourth-order valence-corrected chi connectivity index (χ4v) is 4.51. The number of carbonyl (C=O) groups is 3. The highest BCUT2D eigenvalue weighted by atomic mass is 19.4. The predicted molar refractivity (Wildman–Crippen MR) is 133 cm³/mol. The van der Waals surface area contributed by atoms with Crippen molar-refractivity contribution >= 4 is 29.2 Å². The molecule has 0 radical (unpaired) electrons. The fourth-order valence-electron chi connectivity index (χ4n) is 4.51. The number of rotatable bonds is 5. The van der Waals surface area contributed by atoms with E-state index in [1.165, 1.54) is 0 Å². The highest BCUT2D eigenvalue weighted by Crippen LogP contribution is 2.32. The maximum atomic E-state index is 13.3. The second kappa shape index (κ2) is 11.3. The number of carbonyl (C=O) groups excluding carboxylic acids is 3. The van der Waals surface area contributed by atoms with Crippen LogP contribution in [0.2, 0.25) is 0 Å². The summed E-state index contributed by atoms with van der Waals surface area (Å²) < 4.78 is 48.9. The summed E-state index contributed by atoms with van der Waals surface area (Å²) in [6, 6.07) is 11.2. The standard InChI is InChI=1S/C26H29F3N4O5/c1-15-3-5-16(6-4-15)31-25(36)32-17-7-10-21-19(11-17)24(35)33(2)20-9-8-18(38-22(20)13-37-21)12-23(34)30-14-26(27,28)29/h3-7,10-11,18,20,22H,8-9,12-14H2,1-2H3,(H,30,34)(H2,31,32,36)/t18-,20+,22-/m0/s1. The Morgan fingerprint density at radius 3 is 2.45 bits per heavy atom. The van der Waals surface area contributed by atoms with E-state index >= 15 is 0 Å². The van der Waals surface area contributed by atoms with E-state index in [9.17, 15) is 27.6 Å². The Labute approximate surface area is 217 Å². The molecule has 0 aliphatic carbocycles. The molecule has 3 N–H and O–H groups in total. The molecule has 12 heteroatoms. The summed E-state index contributed by atoms with van der Waals surface area (Å²) in [6.45, 7) is 0.627. The summed E-state index contributed by atoms with van der Waals surface area (Å²) in [5.41, 5.74) is 2.36. The number of amides is 4. The van der Waals surface area contributed by atoms with E-state index in [-0.39, 0.29) is 30.5 Å². The first kappa shape index (κ1) is 27.2. The molecule has 2 heterocycles. The van der Waals surface area contributed by atoms with Crippen LogP contribution in [-0.4, -0.2) is 67.4 Å². The van der Waals surface area contributed by atoms with Crippen LogP contribution in [0.5, 0.6) is 5.75 Å². The van der Waals surface area contributed by atoms with Crippen molar-refractivity contribution in [1.29, 1.82) is 0 Å². The zero-order valence-corrected chi connectivity index (χ0v) is 20.9. The topological polar surface area (TPSA) is 109 Å². The molecule has 0 aromatic heterocycles. The number of halogens is 3. The fraction of sp³-hybridized carbons (Fsp3) is 0.423. The molecule has 204 valence electrons.